The standard InChI is InChI=1S/C13H20BrN3O/c1-4-8-17-13(18)12(14)11(9-16-17)15-7-5-6-10(2)3/h4,9-10,15H,1,5-8H2,2-3H3. The molecule has 100 valence electrons. The molecule has 0 atom stereocenters. The zero-order valence-corrected chi connectivity index (χ0v) is 12.5. The van der Waals surface area contributed by atoms with Crippen molar-refractivity contribution in [2.24, 2.45) is 5.92 Å². The zero-order chi connectivity index (χ0) is 13.5. The van der Waals surface area contributed by atoms with Crippen molar-refractivity contribution < 1.29 is 0 Å². The molecule has 1 aromatic heterocycles. The highest BCUT2D eigenvalue weighted by atomic mass is 79.9. The summed E-state index contributed by atoms with van der Waals surface area (Å²) in [5, 5.41) is 7.31. The maximum Gasteiger partial charge on any atom is 0.283 e. The van der Waals surface area contributed by atoms with E-state index in [1.807, 2.05) is 0 Å². The van der Waals surface area contributed by atoms with E-state index in [2.05, 4.69) is 46.8 Å². The number of rotatable bonds is 7. The van der Waals surface area contributed by atoms with Crippen LogP contribution in [0.4, 0.5) is 5.69 Å². The lowest BCUT2D eigenvalue weighted by Gasteiger charge is -2.10. The van der Waals surface area contributed by atoms with Gasteiger partial charge in [0.2, 0.25) is 0 Å². The lowest BCUT2D eigenvalue weighted by atomic mass is 10.1. The van der Waals surface area contributed by atoms with E-state index in [0.29, 0.717) is 16.9 Å². The minimum atomic E-state index is -0.135. The van der Waals surface area contributed by atoms with Gasteiger partial charge in [0.25, 0.3) is 5.56 Å². The summed E-state index contributed by atoms with van der Waals surface area (Å²) in [4.78, 5) is 11.9. The molecule has 4 nitrogen and oxygen atoms in total. The number of halogens is 1. The van der Waals surface area contributed by atoms with Crippen molar-refractivity contribution in [3.05, 3.63) is 33.7 Å². The molecule has 1 rings (SSSR count). The van der Waals surface area contributed by atoms with E-state index < -0.39 is 0 Å². The molecule has 1 heterocycles. The van der Waals surface area contributed by atoms with Gasteiger partial charge in [-0.05, 0) is 34.7 Å². The summed E-state index contributed by atoms with van der Waals surface area (Å²) in [6.07, 6.45) is 5.58. The third-order valence-corrected chi connectivity index (χ3v) is 3.33. The lowest BCUT2D eigenvalue weighted by molar-refractivity contribution is 0.566. The number of allylic oxidation sites excluding steroid dienone is 1. The minimum absolute atomic E-state index is 0.135. The number of nitrogens with zero attached hydrogens (tertiary/aromatic N) is 2. The zero-order valence-electron chi connectivity index (χ0n) is 10.9. The Morgan fingerprint density at radius 2 is 2.33 bits per heavy atom. The maximum atomic E-state index is 11.9. The van der Waals surface area contributed by atoms with E-state index in [1.165, 1.54) is 11.1 Å². The van der Waals surface area contributed by atoms with Gasteiger partial charge in [0.15, 0.2) is 0 Å². The van der Waals surface area contributed by atoms with Gasteiger partial charge >= 0.3 is 0 Å². The van der Waals surface area contributed by atoms with Crippen LogP contribution in [-0.2, 0) is 6.54 Å². The van der Waals surface area contributed by atoms with Crippen LogP contribution in [0.1, 0.15) is 26.7 Å². The van der Waals surface area contributed by atoms with Crippen molar-refractivity contribution in [1.82, 2.24) is 9.78 Å². The van der Waals surface area contributed by atoms with E-state index in [9.17, 15) is 4.79 Å². The summed E-state index contributed by atoms with van der Waals surface area (Å²) < 4.78 is 1.90. The first kappa shape index (κ1) is 15.0. The van der Waals surface area contributed by atoms with Gasteiger partial charge in [0.1, 0.15) is 4.47 Å². The first-order valence-corrected chi connectivity index (χ1v) is 6.96. The molecule has 0 saturated carbocycles. The lowest BCUT2D eigenvalue weighted by Crippen LogP contribution is -2.24. The summed E-state index contributed by atoms with van der Waals surface area (Å²) in [6.45, 7) is 9.27. The van der Waals surface area contributed by atoms with Gasteiger partial charge in [-0.25, -0.2) is 4.68 Å². The van der Waals surface area contributed by atoms with Crippen LogP contribution in [-0.4, -0.2) is 16.3 Å². The first-order chi connectivity index (χ1) is 8.56. The Kier molecular flexibility index (Phi) is 6.12. The van der Waals surface area contributed by atoms with E-state index in [-0.39, 0.29) is 5.56 Å². The summed E-state index contributed by atoms with van der Waals surface area (Å²) >= 11 is 3.31. The van der Waals surface area contributed by atoms with Crippen LogP contribution in [0.15, 0.2) is 28.1 Å². The van der Waals surface area contributed by atoms with Gasteiger partial charge < -0.3 is 5.32 Å². The van der Waals surface area contributed by atoms with E-state index in [4.69, 9.17) is 0 Å². The predicted molar refractivity (Wildman–Crippen MR) is 79.0 cm³/mol. The maximum absolute atomic E-state index is 11.9. The van der Waals surface area contributed by atoms with Gasteiger partial charge in [-0.15, -0.1) is 6.58 Å². The number of hydrogen-bond donors (Lipinski definition) is 1. The molecule has 1 aromatic rings. The van der Waals surface area contributed by atoms with Crippen LogP contribution in [0.25, 0.3) is 0 Å². The highest BCUT2D eigenvalue weighted by Gasteiger charge is 2.07. The summed E-state index contributed by atoms with van der Waals surface area (Å²) in [6, 6.07) is 0. The van der Waals surface area contributed by atoms with Crippen LogP contribution >= 0.6 is 15.9 Å². The second-order valence-electron chi connectivity index (χ2n) is 4.61. The molecule has 1 N–H and O–H groups in total. The summed E-state index contributed by atoms with van der Waals surface area (Å²) in [5.74, 6) is 0.703. The smallest absolute Gasteiger partial charge is 0.283 e. The Morgan fingerprint density at radius 1 is 1.61 bits per heavy atom. The normalized spacial score (nSPS) is 10.7. The highest BCUT2D eigenvalue weighted by Crippen LogP contribution is 2.16. The highest BCUT2D eigenvalue weighted by molar-refractivity contribution is 9.10. The van der Waals surface area contributed by atoms with Crippen molar-refractivity contribution >= 4 is 21.6 Å². The van der Waals surface area contributed by atoms with Gasteiger partial charge in [-0.2, -0.15) is 5.10 Å². The molecule has 5 heteroatoms. The first-order valence-electron chi connectivity index (χ1n) is 6.16. The Bertz CT molecular complexity index is 454. The summed E-state index contributed by atoms with van der Waals surface area (Å²) in [7, 11) is 0. The number of hydrogen-bond acceptors (Lipinski definition) is 3. The fourth-order valence-electron chi connectivity index (χ4n) is 1.57. The molecular formula is C13H20BrN3O. The molecule has 0 aromatic carbocycles. The van der Waals surface area contributed by atoms with Crippen LogP contribution in [0, 0.1) is 5.92 Å². The Hall–Kier alpha value is -1.10. The predicted octanol–water partition coefficient (Wildman–Crippen LogP) is 3.04. The quantitative estimate of drug-likeness (QED) is 0.621. The second-order valence-corrected chi connectivity index (χ2v) is 5.40. The molecule has 18 heavy (non-hydrogen) atoms. The van der Waals surface area contributed by atoms with Crippen molar-refractivity contribution in [1.29, 1.82) is 0 Å². The van der Waals surface area contributed by atoms with Crippen molar-refractivity contribution in [3.63, 3.8) is 0 Å². The molecular weight excluding hydrogens is 294 g/mol. The van der Waals surface area contributed by atoms with Crippen molar-refractivity contribution in [2.45, 2.75) is 33.2 Å². The molecule has 0 aliphatic heterocycles. The van der Waals surface area contributed by atoms with Gasteiger partial charge in [-0.3, -0.25) is 4.79 Å². The van der Waals surface area contributed by atoms with E-state index in [1.54, 1.807) is 12.3 Å². The van der Waals surface area contributed by atoms with Gasteiger partial charge in [-0.1, -0.05) is 19.9 Å². The fraction of sp³-hybridized carbons (Fsp3) is 0.538. The third kappa shape index (κ3) is 4.29. The van der Waals surface area contributed by atoms with E-state index >= 15 is 0 Å². The van der Waals surface area contributed by atoms with E-state index in [0.717, 1.165) is 18.7 Å². The monoisotopic (exact) mass is 313 g/mol. The molecule has 0 saturated heterocycles. The fourth-order valence-corrected chi connectivity index (χ4v) is 2.02. The Labute approximate surface area is 116 Å². The molecule has 0 bridgehead atoms. The number of anilines is 1. The molecule has 0 amide bonds. The third-order valence-electron chi connectivity index (χ3n) is 2.56. The molecule has 0 radical (unpaired) electrons. The average molecular weight is 314 g/mol. The molecule has 0 spiro atoms. The Morgan fingerprint density at radius 3 is 2.94 bits per heavy atom. The van der Waals surface area contributed by atoms with Gasteiger partial charge in [0, 0.05) is 6.54 Å². The average Bonchev–Trinajstić information content (AvgIpc) is 2.33. The van der Waals surface area contributed by atoms with Crippen LogP contribution < -0.4 is 10.9 Å². The van der Waals surface area contributed by atoms with Crippen LogP contribution in [0.3, 0.4) is 0 Å². The number of aromatic nitrogens is 2. The van der Waals surface area contributed by atoms with Crippen molar-refractivity contribution in [3.8, 4) is 0 Å². The molecule has 0 unspecified atom stereocenters. The topological polar surface area (TPSA) is 46.9 Å². The summed E-state index contributed by atoms with van der Waals surface area (Å²) in [5.41, 5.74) is 0.618. The number of nitrogens with one attached hydrogen (secondary N) is 1. The molecule has 0 fully saturated rings. The van der Waals surface area contributed by atoms with Crippen LogP contribution in [0.5, 0.6) is 0 Å². The van der Waals surface area contributed by atoms with Crippen LogP contribution in [0.2, 0.25) is 0 Å². The second kappa shape index (κ2) is 7.36. The Balaban J connectivity index is 2.65. The molecule has 0 aliphatic rings. The minimum Gasteiger partial charge on any atom is -0.383 e. The SMILES string of the molecule is C=CCn1ncc(NCCCC(C)C)c(Br)c1=O. The molecule has 0 aliphatic carbocycles. The van der Waals surface area contributed by atoms with Gasteiger partial charge in [0.05, 0.1) is 18.4 Å². The largest absolute Gasteiger partial charge is 0.383 e. The van der Waals surface area contributed by atoms with Crippen molar-refractivity contribution in [2.75, 3.05) is 11.9 Å².